The Balaban J connectivity index is 1.27. The summed E-state index contributed by atoms with van der Waals surface area (Å²) < 4.78 is 4.46. The smallest absolute Gasteiger partial charge is 0.245 e. The molecule has 2 saturated heterocycles. The number of nitrogens with one attached hydrogen (secondary N) is 2. The van der Waals surface area contributed by atoms with Crippen molar-refractivity contribution in [2.75, 3.05) is 31.1 Å². The van der Waals surface area contributed by atoms with Crippen molar-refractivity contribution in [2.24, 2.45) is 17.3 Å². The number of hydrazine groups is 1. The molecule has 1 amide bonds. The quantitative estimate of drug-likeness (QED) is 0.447. The van der Waals surface area contributed by atoms with Crippen LogP contribution in [0.4, 0.5) is 5.82 Å². The summed E-state index contributed by atoms with van der Waals surface area (Å²) in [6.45, 7) is 17.1. The molecule has 2 N–H and O–H groups in total. The van der Waals surface area contributed by atoms with Crippen molar-refractivity contribution in [3.05, 3.63) is 41.9 Å². The van der Waals surface area contributed by atoms with Crippen LogP contribution in [0.2, 0.25) is 0 Å². The number of carbonyl (C=O) groups excluding carboxylic acids is 1. The zero-order valence-corrected chi connectivity index (χ0v) is 24.3. The van der Waals surface area contributed by atoms with Crippen molar-refractivity contribution in [1.29, 1.82) is 0 Å². The third-order valence-electron chi connectivity index (χ3n) is 10.7. The summed E-state index contributed by atoms with van der Waals surface area (Å²) in [5, 5.41) is 10.1. The molecule has 7 rings (SSSR count). The van der Waals surface area contributed by atoms with Gasteiger partial charge in [-0.2, -0.15) is 10.2 Å². The summed E-state index contributed by atoms with van der Waals surface area (Å²) in [5.74, 6) is 2.19. The van der Waals surface area contributed by atoms with Gasteiger partial charge in [-0.15, -0.1) is 11.6 Å². The van der Waals surface area contributed by atoms with E-state index < -0.39 is 0 Å². The fraction of sp³-hybridized carbons (Fsp3) is 0.690. The summed E-state index contributed by atoms with van der Waals surface area (Å²) in [5.41, 5.74) is 10.8. The molecule has 4 fully saturated rings. The third kappa shape index (κ3) is 3.68. The molecule has 5 aliphatic rings. The first-order valence-corrected chi connectivity index (χ1v) is 15.0. The van der Waals surface area contributed by atoms with Gasteiger partial charge in [-0.05, 0) is 64.0 Å². The Bertz CT molecular complexity index is 1300. The predicted molar refractivity (Wildman–Crippen MR) is 152 cm³/mol. The van der Waals surface area contributed by atoms with Crippen molar-refractivity contribution in [1.82, 2.24) is 35.3 Å². The standard InChI is InChI=1S/C29H41ClN8O/c1-6-23(39)35-15-29(16-35)12-19(13-29)38-18(3)24(25-20-14-31-33-21(20)11-17(2)26(25)30)27(34-38)36-9-10-37-22(7-8-32-37)28(36,4)5/h6-8,17,19-21,25-26,31,33H,1,9-16H2,2-5H3. The number of halogens is 1. The molecular formula is C29H41ClN8O. The molecule has 2 aliphatic carbocycles. The summed E-state index contributed by atoms with van der Waals surface area (Å²) in [4.78, 5) is 16.5. The Morgan fingerprint density at radius 2 is 2.03 bits per heavy atom. The van der Waals surface area contributed by atoms with Gasteiger partial charge in [0.2, 0.25) is 5.91 Å². The number of anilines is 1. The number of rotatable bonds is 4. The van der Waals surface area contributed by atoms with Gasteiger partial charge in [-0.1, -0.05) is 13.5 Å². The summed E-state index contributed by atoms with van der Waals surface area (Å²) in [6.07, 6.45) is 6.55. The molecule has 0 radical (unpaired) electrons. The molecule has 5 unspecified atom stereocenters. The Morgan fingerprint density at radius 3 is 2.77 bits per heavy atom. The fourth-order valence-electron chi connectivity index (χ4n) is 8.56. The van der Waals surface area contributed by atoms with E-state index in [1.165, 1.54) is 23.0 Å². The Labute approximate surface area is 235 Å². The van der Waals surface area contributed by atoms with E-state index in [2.05, 4.69) is 70.6 Å². The van der Waals surface area contributed by atoms with Gasteiger partial charge in [0.15, 0.2) is 5.82 Å². The Hall–Kier alpha value is -2.36. The van der Waals surface area contributed by atoms with Crippen LogP contribution in [0, 0.1) is 24.2 Å². The first-order valence-electron chi connectivity index (χ1n) is 14.6. The van der Waals surface area contributed by atoms with E-state index in [-0.39, 0.29) is 28.2 Å². The maximum absolute atomic E-state index is 12.1. The first kappa shape index (κ1) is 25.6. The number of amides is 1. The van der Waals surface area contributed by atoms with E-state index in [1.54, 1.807) is 0 Å². The van der Waals surface area contributed by atoms with Gasteiger partial charge in [-0.25, -0.2) is 0 Å². The Kier molecular flexibility index (Phi) is 5.79. The van der Waals surface area contributed by atoms with Crippen molar-refractivity contribution in [2.45, 2.75) is 82.4 Å². The molecule has 3 aliphatic heterocycles. The van der Waals surface area contributed by atoms with E-state index in [4.69, 9.17) is 16.7 Å². The molecule has 5 heterocycles. The molecule has 2 aromatic rings. The summed E-state index contributed by atoms with van der Waals surface area (Å²) in [6, 6.07) is 2.91. The van der Waals surface area contributed by atoms with E-state index in [0.717, 1.165) is 57.8 Å². The first-order chi connectivity index (χ1) is 18.6. The van der Waals surface area contributed by atoms with Gasteiger partial charge < -0.3 is 9.80 Å². The molecular weight excluding hydrogens is 512 g/mol. The van der Waals surface area contributed by atoms with E-state index in [1.807, 2.05) is 11.1 Å². The van der Waals surface area contributed by atoms with Crippen LogP contribution < -0.4 is 15.8 Å². The second-order valence-electron chi connectivity index (χ2n) is 13.4. The van der Waals surface area contributed by atoms with Gasteiger partial charge in [0.1, 0.15) is 0 Å². The van der Waals surface area contributed by atoms with Gasteiger partial charge in [0.05, 0.1) is 23.8 Å². The number of likely N-dealkylation sites (tertiary alicyclic amines) is 1. The van der Waals surface area contributed by atoms with Gasteiger partial charge in [-0.3, -0.25) is 25.0 Å². The summed E-state index contributed by atoms with van der Waals surface area (Å²) >= 11 is 7.35. The number of alkyl halides is 1. The highest BCUT2D eigenvalue weighted by molar-refractivity contribution is 6.21. The van der Waals surface area contributed by atoms with E-state index >= 15 is 0 Å². The molecule has 39 heavy (non-hydrogen) atoms. The van der Waals surface area contributed by atoms with Crippen LogP contribution >= 0.6 is 11.6 Å². The lowest BCUT2D eigenvalue weighted by Gasteiger charge is -2.58. The zero-order chi connectivity index (χ0) is 27.3. The number of fused-ring (bicyclic) bond motifs is 2. The number of carbonyl (C=O) groups is 1. The van der Waals surface area contributed by atoms with Crippen LogP contribution in [-0.4, -0.2) is 68.0 Å². The second kappa shape index (κ2) is 8.82. The maximum atomic E-state index is 12.1. The van der Waals surface area contributed by atoms with Crippen LogP contribution in [0.15, 0.2) is 24.9 Å². The van der Waals surface area contributed by atoms with Crippen LogP contribution in [0.3, 0.4) is 0 Å². The monoisotopic (exact) mass is 552 g/mol. The molecule has 2 aromatic heterocycles. The minimum absolute atomic E-state index is 0.0448. The SMILES string of the molecule is C=CC(=O)N1CC2(CC(n3nc(N4CCn5nccc5C4(C)C)c(C4C(Cl)C(C)CC5NNCC54)c3C)C2)C1. The van der Waals surface area contributed by atoms with Crippen molar-refractivity contribution < 1.29 is 4.79 Å². The van der Waals surface area contributed by atoms with E-state index in [0.29, 0.717) is 23.9 Å². The average molecular weight is 553 g/mol. The average Bonchev–Trinajstić information content (AvgIpc) is 3.58. The van der Waals surface area contributed by atoms with Crippen LogP contribution in [0.25, 0.3) is 0 Å². The molecule has 0 bridgehead atoms. The third-order valence-corrected chi connectivity index (χ3v) is 11.4. The zero-order valence-electron chi connectivity index (χ0n) is 23.5. The predicted octanol–water partition coefficient (Wildman–Crippen LogP) is 3.32. The van der Waals surface area contributed by atoms with Crippen LogP contribution in [0.1, 0.15) is 68.9 Å². The minimum atomic E-state index is -0.247. The second-order valence-corrected chi connectivity index (χ2v) is 13.9. The Morgan fingerprint density at radius 1 is 1.26 bits per heavy atom. The number of hydrogen-bond acceptors (Lipinski definition) is 6. The maximum Gasteiger partial charge on any atom is 0.245 e. The van der Waals surface area contributed by atoms with Crippen molar-refractivity contribution in [3.63, 3.8) is 0 Å². The van der Waals surface area contributed by atoms with Gasteiger partial charge >= 0.3 is 0 Å². The molecule has 10 heteroatoms. The highest BCUT2D eigenvalue weighted by Crippen LogP contribution is 2.56. The van der Waals surface area contributed by atoms with Crippen molar-refractivity contribution >= 4 is 23.3 Å². The number of nitrogens with zero attached hydrogens (tertiary/aromatic N) is 6. The molecule has 1 spiro atoms. The molecule has 210 valence electrons. The largest absolute Gasteiger partial charge is 0.342 e. The summed E-state index contributed by atoms with van der Waals surface area (Å²) in [7, 11) is 0. The van der Waals surface area contributed by atoms with Gasteiger partial charge in [0, 0.05) is 66.4 Å². The van der Waals surface area contributed by atoms with Crippen LogP contribution in [-0.2, 0) is 16.9 Å². The van der Waals surface area contributed by atoms with Crippen molar-refractivity contribution in [3.8, 4) is 0 Å². The highest BCUT2D eigenvalue weighted by atomic mass is 35.5. The lowest BCUT2D eigenvalue weighted by Crippen LogP contribution is -2.63. The van der Waals surface area contributed by atoms with E-state index in [9.17, 15) is 4.79 Å². The highest BCUT2D eigenvalue weighted by Gasteiger charge is 2.55. The lowest BCUT2D eigenvalue weighted by molar-refractivity contribution is -0.149. The molecule has 0 aromatic carbocycles. The topological polar surface area (TPSA) is 83.2 Å². The number of hydrogen-bond donors (Lipinski definition) is 2. The number of aromatic nitrogens is 4. The molecule has 9 nitrogen and oxygen atoms in total. The molecule has 5 atom stereocenters. The fourth-order valence-corrected chi connectivity index (χ4v) is 8.97. The normalized spacial score (nSPS) is 32.9. The minimum Gasteiger partial charge on any atom is -0.342 e. The van der Waals surface area contributed by atoms with Crippen LogP contribution in [0.5, 0.6) is 0 Å². The lowest BCUT2D eigenvalue weighted by atomic mass is 9.60. The van der Waals surface area contributed by atoms with Gasteiger partial charge in [0.25, 0.3) is 0 Å². The molecule has 2 saturated carbocycles.